The van der Waals surface area contributed by atoms with E-state index in [1.165, 1.54) is 5.06 Å². The van der Waals surface area contributed by atoms with Crippen molar-refractivity contribution in [2.75, 3.05) is 32.8 Å². The first-order chi connectivity index (χ1) is 11.5. The maximum Gasteiger partial charge on any atom is 0.341 e. The molecule has 2 saturated heterocycles. The lowest BCUT2D eigenvalue weighted by atomic mass is 9.96. The Morgan fingerprint density at radius 1 is 1.21 bits per heavy atom. The van der Waals surface area contributed by atoms with Gasteiger partial charge in [0, 0.05) is 19.7 Å². The van der Waals surface area contributed by atoms with Crippen LogP contribution in [0.1, 0.15) is 46.0 Å². The topological polar surface area (TPSA) is 82.1 Å². The molecular formula is C17H31N3O4. The molecule has 2 rings (SSSR count). The van der Waals surface area contributed by atoms with Crippen molar-refractivity contribution in [3.8, 4) is 0 Å². The molecule has 2 N–H and O–H groups in total. The number of amides is 3. The quantitative estimate of drug-likeness (QED) is 0.791. The summed E-state index contributed by atoms with van der Waals surface area (Å²) >= 11 is 0. The lowest BCUT2D eigenvalue weighted by molar-refractivity contribution is -0.143. The zero-order valence-electron chi connectivity index (χ0n) is 14.9. The second-order valence-corrected chi connectivity index (χ2v) is 7.23. The Labute approximate surface area is 144 Å². The van der Waals surface area contributed by atoms with Crippen LogP contribution < -0.4 is 5.32 Å². The number of carbonyl (C=O) groups excluding carboxylic acids is 2. The van der Waals surface area contributed by atoms with Crippen LogP contribution >= 0.6 is 0 Å². The van der Waals surface area contributed by atoms with Gasteiger partial charge in [-0.15, -0.1) is 0 Å². The summed E-state index contributed by atoms with van der Waals surface area (Å²) in [6, 6.07) is -0.840. The van der Waals surface area contributed by atoms with Crippen LogP contribution in [-0.2, 0) is 9.63 Å². The molecule has 7 heteroatoms. The molecule has 2 heterocycles. The van der Waals surface area contributed by atoms with Crippen molar-refractivity contribution in [3.63, 3.8) is 0 Å². The first kappa shape index (κ1) is 19.0. The third-order valence-corrected chi connectivity index (χ3v) is 4.72. The Morgan fingerprint density at radius 3 is 2.46 bits per heavy atom. The predicted octanol–water partition coefficient (Wildman–Crippen LogP) is 1.37. The lowest BCUT2D eigenvalue weighted by Gasteiger charge is -2.35. The van der Waals surface area contributed by atoms with Gasteiger partial charge in [-0.1, -0.05) is 13.8 Å². The summed E-state index contributed by atoms with van der Waals surface area (Å²) in [5.41, 5.74) is 0. The fourth-order valence-corrected chi connectivity index (χ4v) is 3.23. The largest absolute Gasteiger partial charge is 0.396 e. The van der Waals surface area contributed by atoms with E-state index in [1.807, 2.05) is 18.7 Å². The van der Waals surface area contributed by atoms with E-state index in [-0.39, 0.29) is 24.5 Å². The molecule has 0 aromatic rings. The monoisotopic (exact) mass is 341 g/mol. The molecule has 0 unspecified atom stereocenters. The second kappa shape index (κ2) is 9.22. The Balaban J connectivity index is 1.93. The molecule has 1 atom stereocenters. The Hall–Kier alpha value is -1.34. The number of rotatable bonds is 5. The highest BCUT2D eigenvalue weighted by atomic mass is 16.7. The zero-order chi connectivity index (χ0) is 17.5. The Bertz CT molecular complexity index is 416. The van der Waals surface area contributed by atoms with Gasteiger partial charge in [0.15, 0.2) is 0 Å². The third-order valence-electron chi connectivity index (χ3n) is 4.72. The fourth-order valence-electron chi connectivity index (χ4n) is 3.23. The van der Waals surface area contributed by atoms with Crippen LogP contribution in [0.3, 0.4) is 0 Å². The second-order valence-electron chi connectivity index (χ2n) is 7.23. The van der Waals surface area contributed by atoms with Gasteiger partial charge in [0.05, 0.1) is 13.2 Å². The number of hydrogen-bond donors (Lipinski definition) is 2. The number of piperidine rings is 1. The highest BCUT2D eigenvalue weighted by Crippen LogP contribution is 2.19. The average Bonchev–Trinajstić information content (AvgIpc) is 2.61. The molecular weight excluding hydrogens is 310 g/mol. The number of urea groups is 1. The molecule has 2 aliphatic heterocycles. The van der Waals surface area contributed by atoms with Crippen molar-refractivity contribution in [2.45, 2.75) is 52.0 Å². The fraction of sp³-hybridized carbons (Fsp3) is 0.882. The highest BCUT2D eigenvalue weighted by molar-refractivity contribution is 5.87. The zero-order valence-corrected chi connectivity index (χ0v) is 14.9. The Kier molecular flexibility index (Phi) is 7.30. The van der Waals surface area contributed by atoms with Gasteiger partial charge in [0.1, 0.15) is 6.04 Å². The molecule has 0 aromatic heterocycles. The summed E-state index contributed by atoms with van der Waals surface area (Å²) in [7, 11) is 0. The number of hydroxylamine groups is 2. The molecule has 0 aliphatic carbocycles. The average molecular weight is 341 g/mol. The highest BCUT2D eigenvalue weighted by Gasteiger charge is 2.31. The molecule has 138 valence electrons. The SMILES string of the molecule is CC(C)C[C@H](NC(=O)N1CCCCO1)C(=O)N1CCC(CO)CC1. The first-order valence-electron chi connectivity index (χ1n) is 9.11. The first-order valence-corrected chi connectivity index (χ1v) is 9.11. The molecule has 2 aliphatic rings. The number of likely N-dealkylation sites (tertiary alicyclic amines) is 1. The van der Waals surface area contributed by atoms with Crippen molar-refractivity contribution < 1.29 is 19.5 Å². The number of aliphatic hydroxyl groups excluding tert-OH is 1. The molecule has 0 spiro atoms. The smallest absolute Gasteiger partial charge is 0.341 e. The van der Waals surface area contributed by atoms with Crippen LogP contribution in [0.25, 0.3) is 0 Å². The van der Waals surface area contributed by atoms with E-state index in [0.717, 1.165) is 25.7 Å². The number of hydrogen-bond acceptors (Lipinski definition) is 4. The van der Waals surface area contributed by atoms with Crippen LogP contribution in [0.5, 0.6) is 0 Å². The van der Waals surface area contributed by atoms with Gasteiger partial charge in [0.25, 0.3) is 0 Å². The van der Waals surface area contributed by atoms with Gasteiger partial charge in [-0.2, -0.15) is 0 Å². The van der Waals surface area contributed by atoms with E-state index >= 15 is 0 Å². The van der Waals surface area contributed by atoms with Crippen LogP contribution in [-0.4, -0.2) is 65.9 Å². The van der Waals surface area contributed by atoms with Crippen molar-refractivity contribution in [3.05, 3.63) is 0 Å². The van der Waals surface area contributed by atoms with E-state index in [4.69, 9.17) is 4.84 Å². The normalized spacial score (nSPS) is 21.0. The molecule has 2 fully saturated rings. The Morgan fingerprint density at radius 2 is 1.92 bits per heavy atom. The van der Waals surface area contributed by atoms with Gasteiger partial charge in [-0.05, 0) is 43.9 Å². The summed E-state index contributed by atoms with van der Waals surface area (Å²) in [5, 5.41) is 13.4. The van der Waals surface area contributed by atoms with E-state index in [0.29, 0.717) is 38.6 Å². The standard InChI is InChI=1S/C17H31N3O4/c1-13(2)11-15(18-17(23)20-7-3-4-10-24-20)16(22)19-8-5-14(12-21)6-9-19/h13-15,21H,3-12H2,1-2H3,(H,18,23)/t15-/m0/s1. The van der Waals surface area contributed by atoms with E-state index in [1.54, 1.807) is 0 Å². The van der Waals surface area contributed by atoms with Gasteiger partial charge in [-0.3, -0.25) is 9.63 Å². The molecule has 7 nitrogen and oxygen atoms in total. The maximum absolute atomic E-state index is 12.8. The molecule has 0 aromatic carbocycles. The van der Waals surface area contributed by atoms with E-state index in [2.05, 4.69) is 5.32 Å². The molecule has 0 radical (unpaired) electrons. The predicted molar refractivity (Wildman–Crippen MR) is 90.1 cm³/mol. The van der Waals surface area contributed by atoms with Crippen LogP contribution in [0.2, 0.25) is 0 Å². The van der Waals surface area contributed by atoms with Gasteiger partial charge >= 0.3 is 6.03 Å². The summed E-state index contributed by atoms with van der Waals surface area (Å²) in [6.07, 6.45) is 4.13. The molecule has 0 saturated carbocycles. The van der Waals surface area contributed by atoms with Crippen molar-refractivity contribution in [1.29, 1.82) is 0 Å². The maximum atomic E-state index is 12.8. The number of carbonyl (C=O) groups is 2. The van der Waals surface area contributed by atoms with Crippen LogP contribution in [0.15, 0.2) is 0 Å². The summed E-state index contributed by atoms with van der Waals surface area (Å²) < 4.78 is 0. The minimum atomic E-state index is -0.520. The van der Waals surface area contributed by atoms with Crippen molar-refractivity contribution >= 4 is 11.9 Å². The van der Waals surface area contributed by atoms with Gasteiger partial charge < -0.3 is 15.3 Å². The van der Waals surface area contributed by atoms with Crippen molar-refractivity contribution in [1.82, 2.24) is 15.3 Å². The minimum absolute atomic E-state index is 0.0227. The van der Waals surface area contributed by atoms with Gasteiger partial charge in [-0.25, -0.2) is 9.86 Å². The number of nitrogens with one attached hydrogen (secondary N) is 1. The van der Waals surface area contributed by atoms with Crippen LogP contribution in [0, 0.1) is 11.8 Å². The molecule has 3 amide bonds. The van der Waals surface area contributed by atoms with Crippen molar-refractivity contribution in [2.24, 2.45) is 11.8 Å². The molecule has 0 bridgehead atoms. The lowest BCUT2D eigenvalue weighted by Crippen LogP contribution is -2.54. The number of nitrogens with zero attached hydrogens (tertiary/aromatic N) is 2. The van der Waals surface area contributed by atoms with Crippen LogP contribution in [0.4, 0.5) is 4.79 Å². The summed E-state index contributed by atoms with van der Waals surface area (Å²) in [5.74, 6) is 0.566. The van der Waals surface area contributed by atoms with E-state index in [9.17, 15) is 14.7 Å². The number of aliphatic hydroxyl groups is 1. The summed E-state index contributed by atoms with van der Waals surface area (Å²) in [6.45, 7) is 6.68. The minimum Gasteiger partial charge on any atom is -0.396 e. The van der Waals surface area contributed by atoms with E-state index < -0.39 is 6.04 Å². The third kappa shape index (κ3) is 5.34. The summed E-state index contributed by atoms with van der Waals surface area (Å²) in [4.78, 5) is 32.4. The van der Waals surface area contributed by atoms with Gasteiger partial charge in [0.2, 0.25) is 5.91 Å². The molecule has 24 heavy (non-hydrogen) atoms.